The summed E-state index contributed by atoms with van der Waals surface area (Å²) in [5.74, 6) is 1.00. The van der Waals surface area contributed by atoms with Crippen LogP contribution in [0.2, 0.25) is 0 Å². The zero-order chi connectivity index (χ0) is 16.1. The molecule has 0 unspecified atom stereocenters. The molecule has 0 fully saturated rings. The first-order valence-electron chi connectivity index (χ1n) is 7.26. The van der Waals surface area contributed by atoms with Crippen LogP contribution in [0.3, 0.4) is 0 Å². The van der Waals surface area contributed by atoms with Crippen LogP contribution in [0.25, 0.3) is 11.3 Å². The number of benzene rings is 1. The van der Waals surface area contributed by atoms with Crippen molar-refractivity contribution in [2.24, 2.45) is 5.92 Å². The summed E-state index contributed by atoms with van der Waals surface area (Å²) in [4.78, 5) is 11.2. The highest BCUT2D eigenvalue weighted by Crippen LogP contribution is 2.24. The van der Waals surface area contributed by atoms with E-state index in [0.29, 0.717) is 18.9 Å². The van der Waals surface area contributed by atoms with Crippen molar-refractivity contribution in [1.29, 1.82) is 0 Å². The van der Waals surface area contributed by atoms with Crippen molar-refractivity contribution in [3.63, 3.8) is 0 Å². The number of carboxylic acids is 1. The first-order valence-corrected chi connectivity index (χ1v) is 8.06. The molecular weight excluding hydrogens is 346 g/mol. The van der Waals surface area contributed by atoms with Gasteiger partial charge in [-0.15, -0.1) is 0 Å². The number of furan rings is 1. The van der Waals surface area contributed by atoms with Crippen molar-refractivity contribution in [2.45, 2.75) is 32.9 Å². The minimum absolute atomic E-state index is 0.323. The fourth-order valence-corrected chi connectivity index (χ4v) is 2.47. The number of aliphatic carboxylic acids is 1. The minimum atomic E-state index is -0.826. The SMILES string of the molecule is CC(C)C[C@@H](NCc1ccc(-c2ccc(Br)cc2)o1)C(=O)O. The molecule has 118 valence electrons. The van der Waals surface area contributed by atoms with Crippen LogP contribution < -0.4 is 5.32 Å². The van der Waals surface area contributed by atoms with Gasteiger partial charge >= 0.3 is 5.97 Å². The van der Waals surface area contributed by atoms with Crippen molar-refractivity contribution >= 4 is 21.9 Å². The van der Waals surface area contributed by atoms with E-state index >= 15 is 0 Å². The largest absolute Gasteiger partial charge is 0.480 e. The number of hydrogen-bond acceptors (Lipinski definition) is 3. The lowest BCUT2D eigenvalue weighted by Gasteiger charge is -2.15. The van der Waals surface area contributed by atoms with E-state index in [1.54, 1.807) is 0 Å². The van der Waals surface area contributed by atoms with Crippen molar-refractivity contribution in [1.82, 2.24) is 5.32 Å². The summed E-state index contributed by atoms with van der Waals surface area (Å²) in [5.41, 5.74) is 0.992. The quantitative estimate of drug-likeness (QED) is 0.767. The van der Waals surface area contributed by atoms with Crippen LogP contribution in [0.15, 0.2) is 45.3 Å². The lowest BCUT2D eigenvalue weighted by molar-refractivity contribution is -0.140. The molecule has 1 atom stereocenters. The van der Waals surface area contributed by atoms with Gasteiger partial charge in [-0.3, -0.25) is 10.1 Å². The smallest absolute Gasteiger partial charge is 0.320 e. The number of carbonyl (C=O) groups is 1. The first-order chi connectivity index (χ1) is 10.5. The Balaban J connectivity index is 1.99. The number of carboxylic acid groups (broad SMARTS) is 1. The van der Waals surface area contributed by atoms with Crippen molar-refractivity contribution in [3.05, 3.63) is 46.6 Å². The Morgan fingerprint density at radius 3 is 2.50 bits per heavy atom. The molecule has 0 aliphatic rings. The average Bonchev–Trinajstić information content (AvgIpc) is 2.92. The van der Waals surface area contributed by atoms with Gasteiger partial charge in [-0.05, 0) is 36.6 Å². The van der Waals surface area contributed by atoms with Crippen molar-refractivity contribution in [2.75, 3.05) is 0 Å². The van der Waals surface area contributed by atoms with Crippen molar-refractivity contribution in [3.8, 4) is 11.3 Å². The Bertz CT molecular complexity index is 619. The summed E-state index contributed by atoms with van der Waals surface area (Å²) < 4.78 is 6.79. The maximum Gasteiger partial charge on any atom is 0.320 e. The molecule has 0 bridgehead atoms. The normalized spacial score (nSPS) is 12.5. The highest BCUT2D eigenvalue weighted by Gasteiger charge is 2.18. The van der Waals surface area contributed by atoms with Crippen LogP contribution in [0, 0.1) is 5.92 Å². The van der Waals surface area contributed by atoms with Crippen LogP contribution in [0.4, 0.5) is 0 Å². The molecule has 0 spiro atoms. The van der Waals surface area contributed by atoms with Crippen LogP contribution in [0.1, 0.15) is 26.0 Å². The van der Waals surface area contributed by atoms with Gasteiger partial charge in [0.05, 0.1) is 6.54 Å². The molecule has 2 N–H and O–H groups in total. The van der Waals surface area contributed by atoms with Crippen molar-refractivity contribution < 1.29 is 14.3 Å². The fourth-order valence-electron chi connectivity index (χ4n) is 2.21. The molecule has 2 rings (SSSR count). The summed E-state index contributed by atoms with van der Waals surface area (Å²) in [5, 5.41) is 12.3. The van der Waals surface area contributed by atoms with Gasteiger partial charge in [0, 0.05) is 10.0 Å². The molecular formula is C17H20BrNO3. The summed E-state index contributed by atoms with van der Waals surface area (Å²) in [7, 11) is 0. The average molecular weight is 366 g/mol. The van der Waals surface area contributed by atoms with Gasteiger partial charge in [0.2, 0.25) is 0 Å². The Kier molecular flexibility index (Phi) is 5.80. The summed E-state index contributed by atoms with van der Waals surface area (Å²) in [6.45, 7) is 4.42. The Morgan fingerprint density at radius 1 is 1.23 bits per heavy atom. The zero-order valence-corrected chi connectivity index (χ0v) is 14.3. The Hall–Kier alpha value is -1.59. The third-order valence-electron chi connectivity index (χ3n) is 3.32. The zero-order valence-electron chi connectivity index (χ0n) is 12.7. The van der Waals surface area contributed by atoms with Crippen LogP contribution >= 0.6 is 15.9 Å². The summed E-state index contributed by atoms with van der Waals surface area (Å²) >= 11 is 3.40. The van der Waals surface area contributed by atoms with Crippen LogP contribution in [0.5, 0.6) is 0 Å². The molecule has 0 amide bonds. The Morgan fingerprint density at radius 2 is 1.91 bits per heavy atom. The predicted molar refractivity (Wildman–Crippen MR) is 89.6 cm³/mol. The van der Waals surface area contributed by atoms with E-state index in [2.05, 4.69) is 21.2 Å². The Labute approximate surface area is 138 Å². The van der Waals surface area contributed by atoms with Crippen LogP contribution in [-0.4, -0.2) is 17.1 Å². The molecule has 0 saturated heterocycles. The lowest BCUT2D eigenvalue weighted by atomic mass is 10.0. The van der Waals surface area contributed by atoms with Gasteiger partial charge in [0.25, 0.3) is 0 Å². The maximum atomic E-state index is 11.2. The highest BCUT2D eigenvalue weighted by molar-refractivity contribution is 9.10. The molecule has 0 aliphatic heterocycles. The molecule has 0 aliphatic carbocycles. The van der Waals surface area contributed by atoms with Gasteiger partial charge < -0.3 is 9.52 Å². The van der Waals surface area contributed by atoms with E-state index < -0.39 is 12.0 Å². The van der Waals surface area contributed by atoms with E-state index in [4.69, 9.17) is 4.42 Å². The van der Waals surface area contributed by atoms with Gasteiger partial charge in [-0.1, -0.05) is 41.9 Å². The first kappa shape index (κ1) is 16.8. The predicted octanol–water partition coefficient (Wildman–Crippen LogP) is 4.30. The monoisotopic (exact) mass is 365 g/mol. The standard InChI is InChI=1S/C17H20BrNO3/c1-11(2)9-15(17(20)21)19-10-14-7-8-16(22-14)12-3-5-13(18)6-4-12/h3-8,11,15,19H,9-10H2,1-2H3,(H,20,21)/t15-/m1/s1. The van der Waals surface area contributed by atoms with E-state index in [1.165, 1.54) is 0 Å². The molecule has 2 aromatic rings. The van der Waals surface area contributed by atoms with Gasteiger partial charge in [-0.2, -0.15) is 0 Å². The number of nitrogens with one attached hydrogen (secondary N) is 1. The topological polar surface area (TPSA) is 62.5 Å². The molecule has 0 saturated carbocycles. The van der Waals surface area contributed by atoms with Gasteiger partial charge in [0.15, 0.2) is 0 Å². The third-order valence-corrected chi connectivity index (χ3v) is 3.85. The van der Waals surface area contributed by atoms with E-state index in [0.717, 1.165) is 21.6 Å². The number of halogens is 1. The molecule has 1 heterocycles. The molecule has 22 heavy (non-hydrogen) atoms. The van der Waals surface area contributed by atoms with Gasteiger partial charge in [-0.25, -0.2) is 0 Å². The van der Waals surface area contributed by atoms with Crippen LogP contribution in [-0.2, 0) is 11.3 Å². The van der Waals surface area contributed by atoms with Gasteiger partial charge in [0.1, 0.15) is 17.6 Å². The lowest BCUT2D eigenvalue weighted by Crippen LogP contribution is -2.37. The highest BCUT2D eigenvalue weighted by atomic mass is 79.9. The summed E-state index contributed by atoms with van der Waals surface area (Å²) in [6, 6.07) is 11.1. The molecule has 4 nitrogen and oxygen atoms in total. The van der Waals surface area contributed by atoms with E-state index in [9.17, 15) is 9.90 Å². The summed E-state index contributed by atoms with van der Waals surface area (Å²) in [6.07, 6.45) is 0.593. The second-order valence-electron chi connectivity index (χ2n) is 5.67. The molecule has 5 heteroatoms. The third kappa shape index (κ3) is 4.71. The minimum Gasteiger partial charge on any atom is -0.480 e. The number of rotatable bonds is 7. The number of hydrogen-bond donors (Lipinski definition) is 2. The molecule has 1 aromatic heterocycles. The maximum absolute atomic E-state index is 11.2. The second kappa shape index (κ2) is 7.61. The van der Waals surface area contributed by atoms with E-state index in [-0.39, 0.29) is 0 Å². The molecule has 1 aromatic carbocycles. The molecule has 0 radical (unpaired) electrons. The fraction of sp³-hybridized carbons (Fsp3) is 0.353. The van der Waals surface area contributed by atoms with E-state index in [1.807, 2.05) is 50.2 Å². The second-order valence-corrected chi connectivity index (χ2v) is 6.59.